The van der Waals surface area contributed by atoms with E-state index < -0.39 is 0 Å². The summed E-state index contributed by atoms with van der Waals surface area (Å²) < 4.78 is 3.03. The molecule has 0 atom stereocenters. The van der Waals surface area contributed by atoms with E-state index in [2.05, 4.69) is 15.9 Å². The molecule has 3 heteroatoms. The molecule has 0 saturated carbocycles. The zero-order valence-electron chi connectivity index (χ0n) is 6.58. The van der Waals surface area contributed by atoms with Crippen molar-refractivity contribution >= 4 is 26.8 Å². The Morgan fingerprint density at radius 2 is 2.17 bits per heavy atom. The highest BCUT2D eigenvalue weighted by molar-refractivity contribution is 9.10. The summed E-state index contributed by atoms with van der Waals surface area (Å²) in [7, 11) is 1.95. The third-order valence-electron chi connectivity index (χ3n) is 1.93. The topological polar surface area (TPSA) is 25.2 Å². The quantitative estimate of drug-likeness (QED) is 0.733. The van der Waals surface area contributed by atoms with Crippen LogP contribution in [-0.4, -0.2) is 9.67 Å². The van der Waals surface area contributed by atoms with Crippen LogP contribution in [-0.2, 0) is 7.05 Å². The molecule has 0 aliphatic heterocycles. The van der Waals surface area contributed by atoms with Gasteiger partial charge in [-0.25, -0.2) is 0 Å². The number of phenolic OH excluding ortho intramolecular Hbond substituents is 1. The Morgan fingerprint density at radius 3 is 2.92 bits per heavy atom. The molecule has 1 aromatic carbocycles. The van der Waals surface area contributed by atoms with Crippen LogP contribution in [0.25, 0.3) is 10.9 Å². The number of aryl methyl sites for hydroxylation is 1. The van der Waals surface area contributed by atoms with Crippen molar-refractivity contribution in [2.45, 2.75) is 0 Å². The minimum atomic E-state index is 0.302. The minimum absolute atomic E-state index is 0.302. The summed E-state index contributed by atoms with van der Waals surface area (Å²) in [5.41, 5.74) is 1.03. The molecule has 1 N–H and O–H groups in total. The minimum Gasteiger partial charge on any atom is -0.508 e. The molecule has 0 saturated heterocycles. The van der Waals surface area contributed by atoms with E-state index in [4.69, 9.17) is 0 Å². The van der Waals surface area contributed by atoms with E-state index >= 15 is 0 Å². The summed E-state index contributed by atoms with van der Waals surface area (Å²) in [6.45, 7) is 0. The lowest BCUT2D eigenvalue weighted by Crippen LogP contribution is -1.82. The van der Waals surface area contributed by atoms with Crippen molar-refractivity contribution in [2.75, 3.05) is 0 Å². The molecule has 0 spiro atoms. The molecule has 2 rings (SSSR count). The van der Waals surface area contributed by atoms with Gasteiger partial charge in [0.2, 0.25) is 0 Å². The summed E-state index contributed by atoms with van der Waals surface area (Å²) in [5, 5.41) is 10.4. The number of aromatic nitrogens is 1. The van der Waals surface area contributed by atoms with Crippen molar-refractivity contribution in [3.05, 3.63) is 28.9 Å². The van der Waals surface area contributed by atoms with E-state index in [0.717, 1.165) is 15.4 Å². The van der Waals surface area contributed by atoms with E-state index in [-0.39, 0.29) is 0 Å². The highest BCUT2D eigenvalue weighted by Gasteiger charge is 2.03. The van der Waals surface area contributed by atoms with Crippen molar-refractivity contribution in [1.82, 2.24) is 4.57 Å². The predicted molar refractivity (Wildman–Crippen MR) is 52.3 cm³/mol. The van der Waals surface area contributed by atoms with Gasteiger partial charge in [-0.15, -0.1) is 0 Å². The third kappa shape index (κ3) is 1.01. The van der Waals surface area contributed by atoms with Crippen molar-refractivity contribution in [1.29, 1.82) is 0 Å². The Morgan fingerprint density at radius 1 is 1.42 bits per heavy atom. The van der Waals surface area contributed by atoms with Crippen LogP contribution in [0.3, 0.4) is 0 Å². The Labute approximate surface area is 78.6 Å². The molecular formula is C9H8BrNO. The fourth-order valence-electron chi connectivity index (χ4n) is 1.32. The number of phenols is 1. The van der Waals surface area contributed by atoms with E-state index in [0.29, 0.717) is 5.75 Å². The number of hydrogen-bond acceptors (Lipinski definition) is 1. The first kappa shape index (κ1) is 7.68. The average molecular weight is 226 g/mol. The van der Waals surface area contributed by atoms with Crippen LogP contribution < -0.4 is 0 Å². The van der Waals surface area contributed by atoms with Gasteiger partial charge in [0.15, 0.2) is 0 Å². The highest BCUT2D eigenvalue weighted by Crippen LogP contribution is 2.27. The zero-order chi connectivity index (χ0) is 8.72. The van der Waals surface area contributed by atoms with Crippen molar-refractivity contribution in [2.24, 2.45) is 7.05 Å². The van der Waals surface area contributed by atoms with Crippen molar-refractivity contribution in [3.8, 4) is 5.75 Å². The number of halogens is 1. The number of aromatic hydroxyl groups is 1. The SMILES string of the molecule is Cn1cc(Br)c2ccc(O)cc21. The second-order valence-corrected chi connectivity index (χ2v) is 3.64. The van der Waals surface area contributed by atoms with Gasteiger partial charge >= 0.3 is 0 Å². The van der Waals surface area contributed by atoms with Crippen LogP contribution >= 0.6 is 15.9 Å². The number of benzene rings is 1. The van der Waals surface area contributed by atoms with E-state index in [9.17, 15) is 5.11 Å². The van der Waals surface area contributed by atoms with Crippen LogP contribution in [0.2, 0.25) is 0 Å². The molecule has 12 heavy (non-hydrogen) atoms. The van der Waals surface area contributed by atoms with Gasteiger partial charge in [-0.1, -0.05) is 0 Å². The first-order chi connectivity index (χ1) is 5.68. The lowest BCUT2D eigenvalue weighted by Gasteiger charge is -1.95. The van der Waals surface area contributed by atoms with E-state index in [1.807, 2.05) is 23.9 Å². The molecule has 0 aliphatic carbocycles. The van der Waals surface area contributed by atoms with Crippen LogP contribution in [0.5, 0.6) is 5.75 Å². The van der Waals surface area contributed by atoms with Crippen LogP contribution in [0.1, 0.15) is 0 Å². The van der Waals surface area contributed by atoms with Gasteiger partial charge in [0.05, 0.1) is 5.52 Å². The predicted octanol–water partition coefficient (Wildman–Crippen LogP) is 2.65. The maximum absolute atomic E-state index is 9.24. The normalized spacial score (nSPS) is 10.8. The largest absolute Gasteiger partial charge is 0.508 e. The monoisotopic (exact) mass is 225 g/mol. The van der Waals surface area contributed by atoms with Crippen molar-refractivity contribution in [3.63, 3.8) is 0 Å². The smallest absolute Gasteiger partial charge is 0.117 e. The fourth-order valence-corrected chi connectivity index (χ4v) is 1.97. The maximum Gasteiger partial charge on any atom is 0.117 e. The summed E-state index contributed by atoms with van der Waals surface area (Å²) >= 11 is 3.44. The van der Waals surface area contributed by atoms with Gasteiger partial charge in [-0.3, -0.25) is 0 Å². The molecule has 0 aliphatic rings. The fraction of sp³-hybridized carbons (Fsp3) is 0.111. The molecule has 0 radical (unpaired) electrons. The van der Waals surface area contributed by atoms with E-state index in [1.54, 1.807) is 12.1 Å². The van der Waals surface area contributed by atoms with Crippen LogP contribution in [0.4, 0.5) is 0 Å². The summed E-state index contributed by atoms with van der Waals surface area (Å²) in [6.07, 6.45) is 1.98. The number of fused-ring (bicyclic) bond motifs is 1. The molecular weight excluding hydrogens is 218 g/mol. The Kier molecular flexibility index (Phi) is 1.61. The van der Waals surface area contributed by atoms with Gasteiger partial charge in [0.1, 0.15) is 5.75 Å². The second-order valence-electron chi connectivity index (χ2n) is 2.79. The Bertz CT molecular complexity index is 433. The molecule has 0 bridgehead atoms. The third-order valence-corrected chi connectivity index (χ3v) is 2.56. The summed E-state index contributed by atoms with van der Waals surface area (Å²) in [5.74, 6) is 0.302. The average Bonchev–Trinajstić information content (AvgIpc) is 2.28. The number of rotatable bonds is 0. The maximum atomic E-state index is 9.24. The molecule has 2 nitrogen and oxygen atoms in total. The molecule has 1 aromatic heterocycles. The standard InChI is InChI=1S/C9H8BrNO/c1-11-5-8(10)7-3-2-6(12)4-9(7)11/h2-5,12H,1H3. The van der Waals surface area contributed by atoms with E-state index in [1.165, 1.54) is 0 Å². The lowest BCUT2D eigenvalue weighted by atomic mass is 10.2. The molecule has 0 fully saturated rings. The molecule has 2 aromatic rings. The molecule has 0 amide bonds. The van der Waals surface area contributed by atoms with Crippen LogP contribution in [0.15, 0.2) is 28.9 Å². The lowest BCUT2D eigenvalue weighted by molar-refractivity contribution is 0.476. The van der Waals surface area contributed by atoms with Gasteiger partial charge in [-0.2, -0.15) is 0 Å². The number of nitrogens with zero attached hydrogens (tertiary/aromatic N) is 1. The van der Waals surface area contributed by atoms with Gasteiger partial charge in [-0.05, 0) is 28.1 Å². The summed E-state index contributed by atoms with van der Waals surface area (Å²) in [6, 6.07) is 5.34. The molecule has 1 heterocycles. The van der Waals surface area contributed by atoms with Crippen molar-refractivity contribution < 1.29 is 5.11 Å². The molecule has 62 valence electrons. The first-order valence-corrected chi connectivity index (χ1v) is 4.41. The Balaban J connectivity index is 2.90. The van der Waals surface area contributed by atoms with Gasteiger partial charge < -0.3 is 9.67 Å². The van der Waals surface area contributed by atoms with Gasteiger partial charge in [0.25, 0.3) is 0 Å². The molecule has 0 unspecified atom stereocenters. The first-order valence-electron chi connectivity index (χ1n) is 3.62. The summed E-state index contributed by atoms with van der Waals surface area (Å²) in [4.78, 5) is 0. The Hall–Kier alpha value is -0.960. The zero-order valence-corrected chi connectivity index (χ0v) is 8.17. The van der Waals surface area contributed by atoms with Gasteiger partial charge in [0, 0.05) is 29.2 Å². The highest BCUT2D eigenvalue weighted by atomic mass is 79.9. The van der Waals surface area contributed by atoms with Crippen LogP contribution in [0, 0.1) is 0 Å². The second kappa shape index (κ2) is 2.52. The number of hydrogen-bond donors (Lipinski definition) is 1.